The highest BCUT2D eigenvalue weighted by Gasteiger charge is 2.25. The molecule has 0 bridgehead atoms. The number of allylic oxidation sites excluding steroid dienone is 1. The summed E-state index contributed by atoms with van der Waals surface area (Å²) < 4.78 is 34.0. The molecule has 1 saturated carbocycles. The monoisotopic (exact) mass is 572 g/mol. The predicted octanol–water partition coefficient (Wildman–Crippen LogP) is 10.4. The van der Waals surface area contributed by atoms with Crippen LogP contribution in [0.25, 0.3) is 17.7 Å². The third kappa shape index (κ3) is 10.7. The van der Waals surface area contributed by atoms with Gasteiger partial charge in [-0.25, -0.2) is 8.78 Å². The number of hydrogen-bond acceptors (Lipinski definition) is 3. The summed E-state index contributed by atoms with van der Waals surface area (Å²) in [5.74, 6) is -2.41. The van der Waals surface area contributed by atoms with Crippen molar-refractivity contribution in [2.45, 2.75) is 91.3 Å². The zero-order chi connectivity index (χ0) is 31.1. The van der Waals surface area contributed by atoms with E-state index in [4.69, 9.17) is 4.74 Å². The lowest BCUT2D eigenvalue weighted by molar-refractivity contribution is -0.0139. The highest BCUT2D eigenvalue weighted by molar-refractivity contribution is 6.31. The van der Waals surface area contributed by atoms with Crippen LogP contribution in [0.2, 0.25) is 0 Å². The number of nitriles is 1. The Balaban J connectivity index is 0.00000301. The predicted molar refractivity (Wildman–Crippen MR) is 174 cm³/mol. The SMILES string of the molecule is C=C=CC(OC(C)C/C=C(\C(C#N)=NC)c1cc(C)cc(/C=C/c2cccc(C(C)(F)F)c2)c1)C1CCCCC1.CC. The Morgan fingerprint density at radius 3 is 2.43 bits per heavy atom. The van der Waals surface area contributed by atoms with Crippen LogP contribution in [0.1, 0.15) is 94.0 Å². The normalized spacial score (nSPS) is 16.2. The fourth-order valence-corrected chi connectivity index (χ4v) is 5.23. The summed E-state index contributed by atoms with van der Waals surface area (Å²) in [5, 5.41) is 9.84. The topological polar surface area (TPSA) is 45.4 Å². The van der Waals surface area contributed by atoms with E-state index in [0.717, 1.165) is 42.0 Å². The lowest BCUT2D eigenvalue weighted by Gasteiger charge is -2.30. The number of halogens is 2. The Bertz CT molecular complexity index is 1330. The first-order valence-electron chi connectivity index (χ1n) is 15.0. The molecule has 2 aromatic carbocycles. The van der Waals surface area contributed by atoms with Crippen molar-refractivity contribution in [3.8, 4) is 6.07 Å². The van der Waals surface area contributed by atoms with Crippen LogP contribution < -0.4 is 0 Å². The maximum absolute atomic E-state index is 13.8. The summed E-state index contributed by atoms with van der Waals surface area (Å²) in [6.45, 7) is 12.7. The molecule has 0 aliphatic heterocycles. The zero-order valence-corrected chi connectivity index (χ0v) is 26.1. The number of ether oxygens (including phenoxy) is 1. The summed E-state index contributed by atoms with van der Waals surface area (Å²) >= 11 is 0. The van der Waals surface area contributed by atoms with E-state index in [0.29, 0.717) is 23.6 Å². The largest absolute Gasteiger partial charge is 0.370 e. The van der Waals surface area contributed by atoms with Crippen LogP contribution in [0.15, 0.2) is 71.9 Å². The zero-order valence-electron chi connectivity index (χ0n) is 26.1. The van der Waals surface area contributed by atoms with Crippen molar-refractivity contribution in [1.29, 1.82) is 5.26 Å². The average molecular weight is 573 g/mol. The number of rotatable bonds is 11. The molecule has 224 valence electrons. The van der Waals surface area contributed by atoms with Crippen molar-refractivity contribution in [2.24, 2.45) is 10.9 Å². The second-order valence-corrected chi connectivity index (χ2v) is 10.7. The molecule has 5 heteroatoms. The van der Waals surface area contributed by atoms with Crippen molar-refractivity contribution in [3.05, 3.63) is 94.7 Å². The van der Waals surface area contributed by atoms with Crippen LogP contribution in [0.3, 0.4) is 0 Å². The first-order valence-corrected chi connectivity index (χ1v) is 15.0. The summed E-state index contributed by atoms with van der Waals surface area (Å²) in [6, 6.07) is 14.6. The molecular formula is C37H46F2N2O. The van der Waals surface area contributed by atoms with Crippen molar-refractivity contribution in [1.82, 2.24) is 0 Å². The van der Waals surface area contributed by atoms with E-state index in [9.17, 15) is 14.0 Å². The van der Waals surface area contributed by atoms with Gasteiger partial charge in [-0.15, -0.1) is 5.73 Å². The Morgan fingerprint density at radius 2 is 1.81 bits per heavy atom. The van der Waals surface area contributed by atoms with E-state index in [1.54, 1.807) is 19.2 Å². The number of nitrogens with zero attached hydrogens (tertiary/aromatic N) is 2. The van der Waals surface area contributed by atoms with Crippen molar-refractivity contribution < 1.29 is 13.5 Å². The lowest BCUT2D eigenvalue weighted by Crippen LogP contribution is -2.27. The van der Waals surface area contributed by atoms with E-state index >= 15 is 0 Å². The molecule has 42 heavy (non-hydrogen) atoms. The van der Waals surface area contributed by atoms with Crippen LogP contribution in [0, 0.1) is 24.2 Å². The third-order valence-electron chi connectivity index (χ3n) is 7.30. The van der Waals surface area contributed by atoms with Gasteiger partial charge >= 0.3 is 0 Å². The molecule has 0 spiro atoms. The van der Waals surface area contributed by atoms with E-state index in [1.807, 2.05) is 70.2 Å². The first-order chi connectivity index (χ1) is 20.1. The maximum atomic E-state index is 13.8. The molecule has 3 nitrogen and oxygen atoms in total. The molecule has 0 radical (unpaired) electrons. The molecule has 1 aliphatic carbocycles. The standard InChI is InChI=1S/C35H40F2N2O.C2H6/c1-6-11-34(29-13-8-7-9-14-29)40-26(3)16-19-32(33(24-38)39-5)30-21-25(2)20-28(22-30)18-17-27-12-10-15-31(23-27)35(4,36)37;1-2/h10-12,15,17-23,26,29,34H,1,7-9,13-14,16H2,2-5H3;1-2H3/b18-17+,32-19-,39-33?;. The summed E-state index contributed by atoms with van der Waals surface area (Å²) in [6.07, 6.45) is 14.3. The van der Waals surface area contributed by atoms with Crippen LogP contribution in [-0.4, -0.2) is 25.0 Å². The molecule has 0 aromatic heterocycles. The molecule has 1 aliphatic rings. The number of benzene rings is 2. The van der Waals surface area contributed by atoms with Crippen molar-refractivity contribution in [3.63, 3.8) is 0 Å². The van der Waals surface area contributed by atoms with Crippen LogP contribution in [-0.2, 0) is 10.7 Å². The van der Waals surface area contributed by atoms with Crippen LogP contribution in [0.5, 0.6) is 0 Å². The molecular weight excluding hydrogens is 526 g/mol. The van der Waals surface area contributed by atoms with E-state index in [-0.39, 0.29) is 17.8 Å². The number of alkyl halides is 2. The Morgan fingerprint density at radius 1 is 1.12 bits per heavy atom. The van der Waals surface area contributed by atoms with Gasteiger partial charge < -0.3 is 4.74 Å². The van der Waals surface area contributed by atoms with Gasteiger partial charge in [-0.2, -0.15) is 5.26 Å². The van der Waals surface area contributed by atoms with E-state index in [1.165, 1.54) is 31.4 Å². The molecule has 2 unspecified atom stereocenters. The first kappa shape index (κ1) is 34.6. The van der Waals surface area contributed by atoms with Gasteiger partial charge in [0.2, 0.25) is 0 Å². The molecule has 0 heterocycles. The highest BCUT2D eigenvalue weighted by Crippen LogP contribution is 2.30. The van der Waals surface area contributed by atoms with Gasteiger partial charge in [-0.3, -0.25) is 4.99 Å². The quantitative estimate of drug-likeness (QED) is 0.153. The van der Waals surface area contributed by atoms with Gasteiger partial charge in [0.15, 0.2) is 0 Å². The highest BCUT2D eigenvalue weighted by atomic mass is 19.3. The minimum atomic E-state index is -2.90. The van der Waals surface area contributed by atoms with Gasteiger partial charge in [-0.1, -0.05) is 88.2 Å². The fraction of sp³-hybridized carbons (Fsp3) is 0.432. The Labute approximate surface area is 252 Å². The fourth-order valence-electron chi connectivity index (χ4n) is 5.23. The molecule has 0 amide bonds. The number of hydrogen-bond donors (Lipinski definition) is 0. The Kier molecular flexibility index (Phi) is 14.3. The van der Waals surface area contributed by atoms with Crippen LogP contribution >= 0.6 is 0 Å². The van der Waals surface area contributed by atoms with Crippen molar-refractivity contribution >= 4 is 23.4 Å². The molecule has 1 fully saturated rings. The molecule has 2 atom stereocenters. The van der Waals surface area contributed by atoms with Gasteiger partial charge in [0, 0.05) is 25.1 Å². The Hall–Kier alpha value is -3.58. The second kappa shape index (κ2) is 17.4. The maximum Gasteiger partial charge on any atom is 0.270 e. The molecule has 2 aromatic rings. The molecule has 0 N–H and O–H groups in total. The van der Waals surface area contributed by atoms with E-state index < -0.39 is 5.92 Å². The second-order valence-electron chi connectivity index (χ2n) is 10.7. The molecule has 0 saturated heterocycles. The van der Waals surface area contributed by atoms with Gasteiger partial charge in [0.05, 0.1) is 12.2 Å². The summed E-state index contributed by atoms with van der Waals surface area (Å²) in [4.78, 5) is 4.24. The summed E-state index contributed by atoms with van der Waals surface area (Å²) in [5.41, 5.74) is 7.49. The number of aryl methyl sites for hydroxylation is 1. The average Bonchev–Trinajstić information content (AvgIpc) is 2.99. The number of aliphatic imine (C=N–C) groups is 1. The third-order valence-corrected chi connectivity index (χ3v) is 7.30. The molecule has 3 rings (SSSR count). The lowest BCUT2D eigenvalue weighted by atomic mass is 9.85. The minimum absolute atomic E-state index is 0.0122. The van der Waals surface area contributed by atoms with Crippen LogP contribution in [0.4, 0.5) is 8.78 Å². The van der Waals surface area contributed by atoms with E-state index in [2.05, 4.69) is 23.4 Å². The van der Waals surface area contributed by atoms with Gasteiger partial charge in [0.25, 0.3) is 5.92 Å². The van der Waals surface area contributed by atoms with Gasteiger partial charge in [0.1, 0.15) is 11.8 Å². The van der Waals surface area contributed by atoms with Gasteiger partial charge in [-0.05, 0) is 79.5 Å². The van der Waals surface area contributed by atoms with Crippen molar-refractivity contribution in [2.75, 3.05) is 7.05 Å². The smallest absolute Gasteiger partial charge is 0.270 e. The minimum Gasteiger partial charge on any atom is -0.370 e. The summed E-state index contributed by atoms with van der Waals surface area (Å²) in [7, 11) is 1.62.